The first-order valence-electron chi connectivity index (χ1n) is 10.1. The van der Waals surface area contributed by atoms with Crippen molar-refractivity contribution in [2.45, 2.75) is 33.2 Å². The Morgan fingerprint density at radius 1 is 1.32 bits per heavy atom. The Kier molecular flexibility index (Phi) is 4.09. The number of nitrogens with zero attached hydrogens (tertiary/aromatic N) is 2. The van der Waals surface area contributed by atoms with Crippen LogP contribution in [0.5, 0.6) is 0 Å². The molecule has 0 amide bonds. The number of halogens is 1. The van der Waals surface area contributed by atoms with Crippen LogP contribution in [0.2, 0.25) is 0 Å². The number of hydrogen-bond acceptors (Lipinski definition) is 4. The third kappa shape index (κ3) is 2.80. The average molecular weight is 420 g/mol. The molecule has 7 heteroatoms. The van der Waals surface area contributed by atoms with Crippen LogP contribution in [-0.2, 0) is 6.42 Å². The molecule has 0 aliphatic carbocycles. The number of para-hydroxylation sites is 1. The fraction of sp³-hybridized carbons (Fsp3) is 0.292. The van der Waals surface area contributed by atoms with Crippen molar-refractivity contribution in [1.29, 1.82) is 0 Å². The van der Waals surface area contributed by atoms with Crippen LogP contribution in [0.3, 0.4) is 0 Å². The summed E-state index contributed by atoms with van der Waals surface area (Å²) in [6.45, 7) is 6.63. The molecule has 0 radical (unpaired) electrons. The Labute approximate surface area is 177 Å². The lowest BCUT2D eigenvalue weighted by atomic mass is 9.79. The second-order valence-electron chi connectivity index (χ2n) is 9.08. The molecule has 0 saturated carbocycles. The zero-order valence-corrected chi connectivity index (χ0v) is 17.4. The standard InChI is InChI=1S/C24H21FN2O4/c1-24(2,3)17-9-15-14-6-4-5-13(12-7-8-26-10-12)21(14)31-22(15)19-18(25)20(28)16(23(29)30)11-27(17)19/h4-7,10-11,17H,8-9H2,1-3H3,(H,29,30). The van der Waals surface area contributed by atoms with Crippen molar-refractivity contribution in [3.63, 3.8) is 0 Å². The lowest BCUT2D eigenvalue weighted by Crippen LogP contribution is -2.34. The predicted octanol–water partition coefficient (Wildman–Crippen LogP) is 4.71. The van der Waals surface area contributed by atoms with E-state index in [9.17, 15) is 14.7 Å². The van der Waals surface area contributed by atoms with Crippen molar-refractivity contribution in [1.82, 2.24) is 4.57 Å². The van der Waals surface area contributed by atoms with Crippen LogP contribution in [-0.4, -0.2) is 28.4 Å². The summed E-state index contributed by atoms with van der Waals surface area (Å²) in [5.41, 5.74) is 1.20. The number of aliphatic imine (C=N–C) groups is 1. The fourth-order valence-corrected chi connectivity index (χ4v) is 4.56. The monoisotopic (exact) mass is 420 g/mol. The van der Waals surface area contributed by atoms with Crippen molar-refractivity contribution in [3.8, 4) is 11.5 Å². The number of carboxylic acid groups (broad SMARTS) is 1. The van der Waals surface area contributed by atoms with E-state index >= 15 is 4.39 Å². The molecule has 6 nitrogen and oxygen atoms in total. The molecule has 1 atom stereocenters. The largest absolute Gasteiger partial charge is 0.477 e. The van der Waals surface area contributed by atoms with E-state index < -0.39 is 22.8 Å². The van der Waals surface area contributed by atoms with Crippen LogP contribution in [0.15, 0.2) is 44.7 Å². The molecule has 0 spiro atoms. The second kappa shape index (κ2) is 6.51. The maximum absolute atomic E-state index is 15.4. The number of aromatic carboxylic acids is 1. The van der Waals surface area contributed by atoms with Crippen molar-refractivity contribution in [2.24, 2.45) is 10.4 Å². The molecule has 1 aromatic carbocycles. The summed E-state index contributed by atoms with van der Waals surface area (Å²) < 4.78 is 23.2. The molecule has 2 aliphatic rings. The van der Waals surface area contributed by atoms with Gasteiger partial charge in [0.15, 0.2) is 11.6 Å². The maximum Gasteiger partial charge on any atom is 0.341 e. The van der Waals surface area contributed by atoms with E-state index in [4.69, 9.17) is 4.42 Å². The lowest BCUT2D eigenvalue weighted by Gasteiger charge is -2.37. The topological polar surface area (TPSA) is 84.8 Å². The van der Waals surface area contributed by atoms with Gasteiger partial charge in [0.25, 0.3) is 0 Å². The lowest BCUT2D eigenvalue weighted by molar-refractivity contribution is 0.0692. The molecule has 4 heterocycles. The minimum absolute atomic E-state index is 0.00685. The minimum atomic E-state index is -1.45. The molecular weight excluding hydrogens is 399 g/mol. The molecule has 3 aromatic rings. The third-order valence-corrected chi connectivity index (χ3v) is 6.13. The Morgan fingerprint density at radius 2 is 2.10 bits per heavy atom. The number of pyridine rings is 1. The van der Waals surface area contributed by atoms with Gasteiger partial charge in [-0.25, -0.2) is 9.18 Å². The Bertz CT molecular complexity index is 1390. The van der Waals surface area contributed by atoms with Crippen LogP contribution < -0.4 is 5.43 Å². The van der Waals surface area contributed by atoms with Gasteiger partial charge in [-0.05, 0) is 11.8 Å². The number of allylic oxidation sites excluding steroid dienone is 1. The highest BCUT2D eigenvalue weighted by Crippen LogP contribution is 2.47. The van der Waals surface area contributed by atoms with Gasteiger partial charge in [-0.1, -0.05) is 45.0 Å². The Morgan fingerprint density at radius 3 is 2.74 bits per heavy atom. The molecule has 31 heavy (non-hydrogen) atoms. The summed E-state index contributed by atoms with van der Waals surface area (Å²) in [6.07, 6.45) is 5.55. The maximum atomic E-state index is 15.4. The summed E-state index contributed by atoms with van der Waals surface area (Å²) in [5.74, 6) is -2.26. The fourth-order valence-electron chi connectivity index (χ4n) is 4.56. The third-order valence-electron chi connectivity index (χ3n) is 6.13. The molecule has 158 valence electrons. The molecule has 0 saturated heterocycles. The molecule has 2 aromatic heterocycles. The van der Waals surface area contributed by atoms with Crippen LogP contribution in [0.1, 0.15) is 48.3 Å². The summed E-state index contributed by atoms with van der Waals surface area (Å²) in [6, 6.07) is 5.53. The van der Waals surface area contributed by atoms with Gasteiger partial charge in [-0.2, -0.15) is 0 Å². The van der Waals surface area contributed by atoms with E-state index in [1.807, 2.05) is 45.0 Å². The van der Waals surface area contributed by atoms with Crippen molar-refractivity contribution < 1.29 is 18.7 Å². The molecule has 2 aliphatic heterocycles. The van der Waals surface area contributed by atoms with Crippen LogP contribution >= 0.6 is 0 Å². The zero-order chi connectivity index (χ0) is 22.1. The van der Waals surface area contributed by atoms with E-state index in [2.05, 4.69) is 4.99 Å². The van der Waals surface area contributed by atoms with Crippen molar-refractivity contribution in [3.05, 3.63) is 63.2 Å². The predicted molar refractivity (Wildman–Crippen MR) is 116 cm³/mol. The van der Waals surface area contributed by atoms with E-state index in [1.165, 1.54) is 6.20 Å². The highest BCUT2D eigenvalue weighted by Gasteiger charge is 2.39. The smallest absolute Gasteiger partial charge is 0.341 e. The quantitative estimate of drug-likeness (QED) is 0.651. The van der Waals surface area contributed by atoms with Gasteiger partial charge in [0.05, 0.1) is 6.54 Å². The second-order valence-corrected chi connectivity index (χ2v) is 9.08. The summed E-state index contributed by atoms with van der Waals surface area (Å²) in [4.78, 5) is 28.3. The van der Waals surface area contributed by atoms with E-state index in [0.29, 0.717) is 18.5 Å². The van der Waals surface area contributed by atoms with Gasteiger partial charge in [0.1, 0.15) is 16.8 Å². The highest BCUT2D eigenvalue weighted by molar-refractivity contribution is 6.15. The normalized spacial score (nSPS) is 17.5. The number of benzene rings is 1. The molecule has 1 unspecified atom stereocenters. The number of aromatic nitrogens is 1. The van der Waals surface area contributed by atoms with E-state index in [0.717, 1.165) is 22.1 Å². The van der Waals surface area contributed by atoms with Gasteiger partial charge in [-0.3, -0.25) is 9.79 Å². The summed E-state index contributed by atoms with van der Waals surface area (Å²) in [7, 11) is 0. The van der Waals surface area contributed by atoms with E-state index in [-0.39, 0.29) is 22.9 Å². The molecule has 1 N–H and O–H groups in total. The number of carboxylic acids is 1. The summed E-state index contributed by atoms with van der Waals surface area (Å²) in [5, 5.41) is 10.3. The number of rotatable bonds is 2. The van der Waals surface area contributed by atoms with Crippen LogP contribution in [0, 0.1) is 11.2 Å². The minimum Gasteiger partial charge on any atom is -0.477 e. The van der Waals surface area contributed by atoms with Gasteiger partial charge in [-0.15, -0.1) is 0 Å². The number of hydrogen-bond donors (Lipinski definition) is 1. The first-order valence-corrected chi connectivity index (χ1v) is 10.1. The van der Waals surface area contributed by atoms with Gasteiger partial charge < -0.3 is 14.1 Å². The van der Waals surface area contributed by atoms with Gasteiger partial charge >= 0.3 is 5.97 Å². The Balaban J connectivity index is 1.87. The Hall–Kier alpha value is -3.48. The van der Waals surface area contributed by atoms with E-state index in [1.54, 1.807) is 10.8 Å². The van der Waals surface area contributed by atoms with Gasteiger partial charge in [0, 0.05) is 40.5 Å². The van der Waals surface area contributed by atoms with Gasteiger partial charge in [0.2, 0.25) is 5.43 Å². The zero-order valence-electron chi connectivity index (χ0n) is 17.4. The van der Waals surface area contributed by atoms with Crippen molar-refractivity contribution in [2.75, 3.05) is 6.54 Å². The molecule has 0 bridgehead atoms. The first kappa shape index (κ1) is 19.5. The highest BCUT2D eigenvalue weighted by atomic mass is 19.1. The number of fused-ring (bicyclic) bond motifs is 5. The van der Waals surface area contributed by atoms with Crippen LogP contribution in [0.25, 0.3) is 28.0 Å². The number of carbonyl (C=O) groups is 1. The molecular formula is C24H21FN2O4. The van der Waals surface area contributed by atoms with Crippen molar-refractivity contribution >= 4 is 28.7 Å². The summed E-state index contributed by atoms with van der Waals surface area (Å²) >= 11 is 0. The average Bonchev–Trinajstić information content (AvgIpc) is 3.36. The van der Waals surface area contributed by atoms with Crippen LogP contribution in [0.4, 0.5) is 4.39 Å². The SMILES string of the molecule is CC(C)(C)C1Cc2c(oc3c(C4=CCN=C4)cccc23)-c2c(F)c(=O)c(C(=O)O)cn21. The number of furan rings is 1. The first-order chi connectivity index (χ1) is 14.7. The molecule has 0 fully saturated rings. The molecule has 5 rings (SSSR count).